The van der Waals surface area contributed by atoms with E-state index >= 15 is 0 Å². The largest absolute Gasteiger partial charge is 0.321 e. The quantitative estimate of drug-likeness (QED) is 0.481. The Morgan fingerprint density at radius 1 is 1.15 bits per heavy atom. The number of halogens is 2. The lowest BCUT2D eigenvalue weighted by atomic mass is 10.0. The molecule has 3 atom stereocenters. The molecule has 0 radical (unpaired) electrons. The van der Waals surface area contributed by atoms with Gasteiger partial charge in [-0.1, -0.05) is 12.1 Å². The van der Waals surface area contributed by atoms with Gasteiger partial charge in [-0.25, -0.2) is 18.9 Å². The minimum Gasteiger partial charge on any atom is -0.321 e. The summed E-state index contributed by atoms with van der Waals surface area (Å²) in [4.78, 5) is 25.5. The number of carbonyl (C=O) groups is 2. The zero-order chi connectivity index (χ0) is 23.1. The first-order valence-corrected chi connectivity index (χ1v) is 10.4. The van der Waals surface area contributed by atoms with Crippen molar-refractivity contribution in [1.82, 2.24) is 25.8 Å². The van der Waals surface area contributed by atoms with Crippen molar-refractivity contribution in [3.8, 4) is 0 Å². The number of hydrazine groups is 1. The molecular weight excluding hydrogens is 432 g/mol. The van der Waals surface area contributed by atoms with E-state index in [0.717, 1.165) is 0 Å². The molecule has 1 aromatic heterocycles. The molecule has 3 unspecified atom stereocenters. The number of fused-ring (bicyclic) bond motifs is 1. The van der Waals surface area contributed by atoms with Crippen LogP contribution in [0.15, 0.2) is 54.6 Å². The average Bonchev–Trinajstić information content (AvgIpc) is 3.38. The SMILES string of the molecule is Cc1cc(NC(=O)c2ccccc2F)n(C2NC(=O)C3CNN(c4ccc(F)cc4)C3N2)n1. The van der Waals surface area contributed by atoms with Crippen LogP contribution in [0, 0.1) is 24.5 Å². The summed E-state index contributed by atoms with van der Waals surface area (Å²) in [6, 6.07) is 13.2. The van der Waals surface area contributed by atoms with Crippen molar-refractivity contribution in [2.24, 2.45) is 5.92 Å². The van der Waals surface area contributed by atoms with Crippen LogP contribution in [-0.4, -0.2) is 34.3 Å². The van der Waals surface area contributed by atoms with Crippen molar-refractivity contribution in [3.05, 3.63) is 77.5 Å². The molecule has 5 rings (SSSR count). The van der Waals surface area contributed by atoms with Gasteiger partial charge in [-0.15, -0.1) is 0 Å². The number of amides is 2. The molecule has 170 valence electrons. The molecule has 2 aliphatic heterocycles. The van der Waals surface area contributed by atoms with Gasteiger partial charge in [0.1, 0.15) is 23.6 Å². The molecule has 2 saturated heterocycles. The lowest BCUT2D eigenvalue weighted by molar-refractivity contribution is -0.129. The fourth-order valence-corrected chi connectivity index (χ4v) is 4.08. The van der Waals surface area contributed by atoms with E-state index in [4.69, 9.17) is 0 Å². The average molecular weight is 453 g/mol. The minimum absolute atomic E-state index is 0.105. The van der Waals surface area contributed by atoms with Crippen molar-refractivity contribution in [3.63, 3.8) is 0 Å². The number of nitrogens with zero attached hydrogens (tertiary/aromatic N) is 3. The van der Waals surface area contributed by atoms with E-state index in [1.165, 1.54) is 35.0 Å². The molecule has 0 aliphatic carbocycles. The van der Waals surface area contributed by atoms with Gasteiger partial charge in [-0.3, -0.25) is 19.9 Å². The van der Waals surface area contributed by atoms with Gasteiger partial charge in [0.15, 0.2) is 6.29 Å². The summed E-state index contributed by atoms with van der Waals surface area (Å²) in [5.41, 5.74) is 4.34. The van der Waals surface area contributed by atoms with Crippen LogP contribution in [-0.2, 0) is 4.79 Å². The second-order valence-electron chi connectivity index (χ2n) is 7.89. The van der Waals surface area contributed by atoms with E-state index in [1.54, 1.807) is 36.2 Å². The third kappa shape index (κ3) is 3.92. The van der Waals surface area contributed by atoms with Crippen LogP contribution in [0.1, 0.15) is 22.3 Å². The highest BCUT2D eigenvalue weighted by Gasteiger charge is 2.45. The van der Waals surface area contributed by atoms with Crippen LogP contribution in [0.4, 0.5) is 20.3 Å². The first-order chi connectivity index (χ1) is 15.9. The number of rotatable bonds is 4. The normalized spacial score (nSPS) is 22.1. The number of anilines is 2. The zero-order valence-corrected chi connectivity index (χ0v) is 17.5. The summed E-state index contributed by atoms with van der Waals surface area (Å²) < 4.78 is 28.8. The Balaban J connectivity index is 1.41. The lowest BCUT2D eigenvalue weighted by Crippen LogP contribution is -2.61. The molecule has 0 spiro atoms. The summed E-state index contributed by atoms with van der Waals surface area (Å²) >= 11 is 0. The van der Waals surface area contributed by atoms with E-state index < -0.39 is 30.1 Å². The molecule has 2 aromatic carbocycles. The van der Waals surface area contributed by atoms with E-state index in [-0.39, 0.29) is 23.1 Å². The molecular formula is C22H21F2N7O2. The van der Waals surface area contributed by atoms with Crippen molar-refractivity contribution in [1.29, 1.82) is 0 Å². The number of aromatic nitrogens is 2. The van der Waals surface area contributed by atoms with Crippen LogP contribution in [0.5, 0.6) is 0 Å². The highest BCUT2D eigenvalue weighted by atomic mass is 19.1. The van der Waals surface area contributed by atoms with Gasteiger partial charge >= 0.3 is 0 Å². The van der Waals surface area contributed by atoms with Crippen molar-refractivity contribution in [2.75, 3.05) is 16.9 Å². The van der Waals surface area contributed by atoms with E-state index in [9.17, 15) is 18.4 Å². The highest BCUT2D eigenvalue weighted by Crippen LogP contribution is 2.28. The second-order valence-corrected chi connectivity index (χ2v) is 7.89. The lowest BCUT2D eigenvalue weighted by Gasteiger charge is -2.37. The van der Waals surface area contributed by atoms with Gasteiger partial charge in [-0.2, -0.15) is 5.10 Å². The van der Waals surface area contributed by atoms with Crippen LogP contribution in [0.25, 0.3) is 0 Å². The number of benzene rings is 2. The Hall–Kier alpha value is -3.83. The maximum atomic E-state index is 14.0. The van der Waals surface area contributed by atoms with Gasteiger partial charge in [0.05, 0.1) is 22.9 Å². The second kappa shape index (κ2) is 8.26. The summed E-state index contributed by atoms with van der Waals surface area (Å²) in [5.74, 6) is -1.96. The summed E-state index contributed by atoms with van der Waals surface area (Å²) in [6.45, 7) is 2.13. The maximum absolute atomic E-state index is 14.0. The van der Waals surface area contributed by atoms with Crippen LogP contribution < -0.4 is 26.4 Å². The molecule has 9 nitrogen and oxygen atoms in total. The first kappa shape index (κ1) is 21.0. The van der Waals surface area contributed by atoms with E-state index in [0.29, 0.717) is 17.9 Å². The number of carbonyl (C=O) groups excluding carboxylic acids is 2. The Morgan fingerprint density at radius 3 is 2.67 bits per heavy atom. The van der Waals surface area contributed by atoms with Gasteiger partial charge in [0.25, 0.3) is 5.91 Å². The topological polar surface area (TPSA) is 103 Å². The summed E-state index contributed by atoms with van der Waals surface area (Å²) in [5, 5.41) is 15.0. The number of nitrogens with one attached hydrogen (secondary N) is 4. The molecule has 3 heterocycles. The molecule has 2 amide bonds. The molecule has 2 fully saturated rings. The molecule has 0 saturated carbocycles. The third-order valence-electron chi connectivity index (χ3n) is 5.65. The van der Waals surface area contributed by atoms with Crippen LogP contribution >= 0.6 is 0 Å². The Kier molecular flexibility index (Phi) is 5.27. The Labute approximate surface area is 187 Å². The van der Waals surface area contributed by atoms with E-state index in [2.05, 4.69) is 26.5 Å². The summed E-state index contributed by atoms with van der Waals surface area (Å²) in [6.07, 6.45) is -1.24. The minimum atomic E-state index is -0.786. The number of hydrogen-bond acceptors (Lipinski definition) is 6. The van der Waals surface area contributed by atoms with Crippen molar-refractivity contribution < 1.29 is 18.4 Å². The van der Waals surface area contributed by atoms with Gasteiger partial charge in [-0.05, 0) is 43.3 Å². The molecule has 2 aliphatic rings. The van der Waals surface area contributed by atoms with Crippen molar-refractivity contribution >= 4 is 23.3 Å². The standard InChI is InChI=1S/C22H21F2N7O2/c1-12-10-18(26-20(32)15-4-2-3-5-17(15)24)31(29-12)22-27-19-16(21(33)28-22)11-25-30(19)14-8-6-13(23)7-9-14/h2-10,16,19,22,25,27H,11H2,1H3,(H,26,32)(H,28,33). The first-order valence-electron chi connectivity index (χ1n) is 10.4. The molecule has 11 heteroatoms. The number of hydrogen-bond donors (Lipinski definition) is 4. The van der Waals surface area contributed by atoms with E-state index in [1.807, 2.05) is 0 Å². The van der Waals surface area contributed by atoms with Crippen LogP contribution in [0.3, 0.4) is 0 Å². The molecule has 33 heavy (non-hydrogen) atoms. The fourth-order valence-electron chi connectivity index (χ4n) is 4.08. The zero-order valence-electron chi connectivity index (χ0n) is 17.5. The summed E-state index contributed by atoms with van der Waals surface area (Å²) in [7, 11) is 0. The predicted octanol–water partition coefficient (Wildman–Crippen LogP) is 1.86. The maximum Gasteiger partial charge on any atom is 0.259 e. The van der Waals surface area contributed by atoms with Crippen molar-refractivity contribution in [2.45, 2.75) is 19.4 Å². The molecule has 3 aromatic rings. The molecule has 4 N–H and O–H groups in total. The highest BCUT2D eigenvalue weighted by molar-refractivity contribution is 6.04. The Morgan fingerprint density at radius 2 is 1.91 bits per heavy atom. The Bertz CT molecular complexity index is 1210. The van der Waals surface area contributed by atoms with Gasteiger partial charge in [0.2, 0.25) is 5.91 Å². The monoisotopic (exact) mass is 453 g/mol. The smallest absolute Gasteiger partial charge is 0.259 e. The van der Waals surface area contributed by atoms with Gasteiger partial charge < -0.3 is 10.6 Å². The third-order valence-corrected chi connectivity index (χ3v) is 5.65. The number of aryl methyl sites for hydroxylation is 1. The fraction of sp³-hybridized carbons (Fsp3) is 0.227. The molecule has 0 bridgehead atoms. The van der Waals surface area contributed by atoms with Crippen LogP contribution in [0.2, 0.25) is 0 Å². The van der Waals surface area contributed by atoms with Gasteiger partial charge in [0, 0.05) is 12.6 Å². The predicted molar refractivity (Wildman–Crippen MR) is 116 cm³/mol.